The molecule has 0 N–H and O–H groups in total. The molecule has 8 aromatic rings. The largest absolute Gasteiger partial charge is 0.340 e. The maximum atomic E-state index is 11.4. The number of non-ortho nitro benzene ring substituents is 2. The number of tetrazole rings is 2. The Labute approximate surface area is 295 Å². The fourth-order valence-corrected chi connectivity index (χ4v) is 5.68. The van der Waals surface area contributed by atoms with Gasteiger partial charge in [-0.05, 0) is 116 Å². The predicted molar refractivity (Wildman–Crippen MR) is 189 cm³/mol. The highest BCUT2D eigenvalue weighted by Gasteiger charge is 2.26. The molecule has 0 radical (unpaired) electrons. The standard InChI is InChI=1S/C38H26N10O4/c49-47(50)35-15-7-9-29(25-35)37-39-43(31-11-3-1-4-12-31)45(41-37)33-21-17-27(18-22-33)28-19-23-34(24-20-28)46-42-38(30-10-8-16-36(26-30)48(51)52)40-44(46)32-13-5-2-6-14-32/h1-26H/q+2. The van der Waals surface area contributed by atoms with Crippen molar-refractivity contribution in [3.8, 4) is 56.7 Å². The lowest BCUT2D eigenvalue weighted by Gasteiger charge is -2.04. The van der Waals surface area contributed by atoms with Crippen LogP contribution < -0.4 is 9.59 Å². The summed E-state index contributed by atoms with van der Waals surface area (Å²) in [5, 5.41) is 41.7. The molecular weight excluding hydrogens is 660 g/mol. The normalized spacial score (nSPS) is 11.0. The lowest BCUT2D eigenvalue weighted by molar-refractivity contribution is -0.734. The summed E-state index contributed by atoms with van der Waals surface area (Å²) in [6.07, 6.45) is 0. The third-order valence-electron chi connectivity index (χ3n) is 8.25. The Morgan fingerprint density at radius 1 is 0.442 bits per heavy atom. The number of nitro groups is 2. The van der Waals surface area contributed by atoms with Crippen molar-refractivity contribution in [2.45, 2.75) is 0 Å². The minimum atomic E-state index is -0.443. The first-order valence-corrected chi connectivity index (χ1v) is 16.0. The lowest BCUT2D eigenvalue weighted by atomic mass is 10.1. The number of hydrogen-bond donors (Lipinski definition) is 0. The zero-order valence-corrected chi connectivity index (χ0v) is 27.1. The van der Waals surface area contributed by atoms with Crippen molar-refractivity contribution >= 4 is 11.4 Å². The van der Waals surface area contributed by atoms with E-state index < -0.39 is 9.85 Å². The average molecular weight is 687 g/mol. The molecule has 0 aliphatic rings. The number of hydrogen-bond acceptors (Lipinski definition) is 8. The van der Waals surface area contributed by atoms with E-state index in [4.69, 9.17) is 20.4 Å². The number of benzene rings is 6. The zero-order chi connectivity index (χ0) is 35.6. The molecule has 0 aliphatic carbocycles. The molecule has 0 fully saturated rings. The van der Waals surface area contributed by atoms with Crippen molar-refractivity contribution in [2.75, 3.05) is 0 Å². The molecule has 52 heavy (non-hydrogen) atoms. The fraction of sp³-hybridized carbons (Fsp3) is 0. The number of aromatic nitrogens is 8. The molecule has 2 heterocycles. The maximum absolute atomic E-state index is 11.4. The first-order valence-electron chi connectivity index (χ1n) is 16.0. The Morgan fingerprint density at radius 3 is 1.19 bits per heavy atom. The van der Waals surface area contributed by atoms with Crippen molar-refractivity contribution in [3.05, 3.63) is 178 Å². The molecule has 0 saturated heterocycles. The zero-order valence-electron chi connectivity index (χ0n) is 27.1. The van der Waals surface area contributed by atoms with E-state index in [1.54, 1.807) is 43.5 Å². The molecule has 0 aliphatic heterocycles. The van der Waals surface area contributed by atoms with Crippen LogP contribution in [0.25, 0.3) is 56.7 Å². The molecule has 14 nitrogen and oxygen atoms in total. The Bertz CT molecular complexity index is 2390. The first kappa shape index (κ1) is 31.5. The highest BCUT2D eigenvalue weighted by atomic mass is 16.6. The summed E-state index contributed by atoms with van der Waals surface area (Å²) in [5.41, 5.74) is 5.85. The maximum Gasteiger partial charge on any atom is 0.340 e. The summed E-state index contributed by atoms with van der Waals surface area (Å²) >= 11 is 0. The molecule has 0 unspecified atom stereocenters. The summed E-state index contributed by atoms with van der Waals surface area (Å²) in [7, 11) is 0. The smallest absolute Gasteiger partial charge is 0.258 e. The summed E-state index contributed by atoms with van der Waals surface area (Å²) in [6.45, 7) is 0. The van der Waals surface area contributed by atoms with Gasteiger partial charge in [0.1, 0.15) is 11.4 Å². The van der Waals surface area contributed by atoms with Gasteiger partial charge in [0.05, 0.1) is 31.2 Å². The lowest BCUT2D eigenvalue weighted by Crippen LogP contribution is -2.43. The highest BCUT2D eigenvalue weighted by molar-refractivity contribution is 5.65. The van der Waals surface area contributed by atoms with Crippen LogP contribution in [-0.4, -0.2) is 39.8 Å². The van der Waals surface area contributed by atoms with Gasteiger partial charge in [-0.25, -0.2) is 0 Å². The second kappa shape index (κ2) is 13.3. The summed E-state index contributed by atoms with van der Waals surface area (Å²) in [5.74, 6) is 0.670. The van der Waals surface area contributed by atoms with Gasteiger partial charge >= 0.3 is 11.6 Å². The van der Waals surface area contributed by atoms with Crippen LogP contribution in [0.5, 0.6) is 0 Å². The van der Waals surface area contributed by atoms with Crippen molar-refractivity contribution < 1.29 is 19.4 Å². The van der Waals surface area contributed by atoms with Crippen LogP contribution in [0, 0.1) is 20.2 Å². The third-order valence-corrected chi connectivity index (χ3v) is 8.25. The Morgan fingerprint density at radius 2 is 0.827 bits per heavy atom. The van der Waals surface area contributed by atoms with E-state index in [0.29, 0.717) is 22.8 Å². The predicted octanol–water partition coefficient (Wildman–Crippen LogP) is 6.22. The van der Waals surface area contributed by atoms with E-state index in [1.807, 2.05) is 109 Å². The van der Waals surface area contributed by atoms with Gasteiger partial charge in [-0.3, -0.25) is 20.2 Å². The summed E-state index contributed by atoms with van der Waals surface area (Å²) in [4.78, 5) is 28.6. The van der Waals surface area contributed by atoms with Gasteiger partial charge in [-0.2, -0.15) is 0 Å². The quantitative estimate of drug-likeness (QED) is 0.0985. The summed E-state index contributed by atoms with van der Waals surface area (Å²) in [6, 6.07) is 47.2. The topological polar surface area (TPSA) is 155 Å². The van der Waals surface area contributed by atoms with E-state index in [1.165, 1.54) is 24.3 Å². The van der Waals surface area contributed by atoms with Crippen molar-refractivity contribution in [3.63, 3.8) is 0 Å². The molecule has 8 rings (SSSR count). The number of para-hydroxylation sites is 2. The van der Waals surface area contributed by atoms with Crippen molar-refractivity contribution in [1.82, 2.24) is 30.0 Å². The van der Waals surface area contributed by atoms with E-state index >= 15 is 0 Å². The number of rotatable bonds is 9. The fourth-order valence-electron chi connectivity index (χ4n) is 5.68. The van der Waals surface area contributed by atoms with Gasteiger partial charge in [0.15, 0.2) is 11.4 Å². The van der Waals surface area contributed by atoms with E-state index in [2.05, 4.69) is 0 Å². The van der Waals surface area contributed by atoms with Gasteiger partial charge in [-0.15, -0.1) is 0 Å². The van der Waals surface area contributed by atoms with Crippen LogP contribution in [0.3, 0.4) is 0 Å². The van der Waals surface area contributed by atoms with E-state index in [9.17, 15) is 20.2 Å². The molecule has 14 heteroatoms. The SMILES string of the molecule is O=[N+]([O-])c1cccc(-c2nn(-c3ccccc3)[n+](-c3ccc(-c4ccc(-[n+]5nc(-c6cccc([N+](=O)[O-])c6)nn5-c5ccccc5)cc4)cc3)n2)c1. The Hall–Kier alpha value is -7.74. The molecule has 0 atom stereocenters. The Kier molecular flexibility index (Phi) is 8.05. The molecule has 6 aromatic carbocycles. The Balaban J connectivity index is 1.12. The van der Waals surface area contributed by atoms with Gasteiger partial charge in [0, 0.05) is 33.9 Å². The molecule has 2 aromatic heterocycles. The third kappa shape index (κ3) is 6.14. The van der Waals surface area contributed by atoms with Gasteiger partial charge in [0.2, 0.25) is 0 Å². The number of nitrogens with zero attached hydrogens (tertiary/aromatic N) is 10. The van der Waals surface area contributed by atoms with Gasteiger partial charge in [-0.1, -0.05) is 48.5 Å². The molecule has 0 spiro atoms. The minimum absolute atomic E-state index is 0.0443. The van der Waals surface area contributed by atoms with Gasteiger partial charge < -0.3 is 0 Å². The second-order valence-electron chi connectivity index (χ2n) is 11.6. The van der Waals surface area contributed by atoms with Crippen LogP contribution in [0.4, 0.5) is 11.4 Å². The average Bonchev–Trinajstić information content (AvgIpc) is 3.85. The van der Waals surface area contributed by atoms with E-state index in [-0.39, 0.29) is 11.4 Å². The van der Waals surface area contributed by atoms with Crippen molar-refractivity contribution in [2.24, 2.45) is 0 Å². The molecular formula is C38H26N10O4+2. The van der Waals surface area contributed by atoms with Gasteiger partial charge in [0.25, 0.3) is 11.4 Å². The minimum Gasteiger partial charge on any atom is -0.258 e. The van der Waals surface area contributed by atoms with Crippen LogP contribution in [-0.2, 0) is 0 Å². The van der Waals surface area contributed by atoms with Crippen LogP contribution in [0.15, 0.2) is 158 Å². The highest BCUT2D eigenvalue weighted by Crippen LogP contribution is 2.24. The first-order chi connectivity index (χ1) is 25.4. The van der Waals surface area contributed by atoms with Crippen LogP contribution >= 0.6 is 0 Å². The molecule has 0 amide bonds. The second-order valence-corrected chi connectivity index (χ2v) is 11.6. The molecule has 250 valence electrons. The van der Waals surface area contributed by atoms with E-state index in [0.717, 1.165) is 33.9 Å². The van der Waals surface area contributed by atoms with Crippen LogP contribution in [0.1, 0.15) is 0 Å². The van der Waals surface area contributed by atoms with Crippen LogP contribution in [0.2, 0.25) is 0 Å². The number of nitro benzene ring substituents is 2. The monoisotopic (exact) mass is 686 g/mol. The van der Waals surface area contributed by atoms with Crippen molar-refractivity contribution in [1.29, 1.82) is 0 Å². The summed E-state index contributed by atoms with van der Waals surface area (Å²) < 4.78 is 0. The molecule has 0 bridgehead atoms. The molecule has 0 saturated carbocycles.